The van der Waals surface area contributed by atoms with Crippen molar-refractivity contribution in [2.24, 2.45) is 0 Å². The highest BCUT2D eigenvalue weighted by Gasteiger charge is 2.19. The first kappa shape index (κ1) is 42.1. The molecule has 0 amide bonds. The van der Waals surface area contributed by atoms with Gasteiger partial charge in [-0.1, -0.05) is 243 Å². The Morgan fingerprint density at radius 3 is 0.676 bits per heavy atom. The Morgan fingerprint density at radius 2 is 0.324 bits per heavy atom. The van der Waals surface area contributed by atoms with E-state index in [-0.39, 0.29) is 0 Å². The number of hydrogen-bond donors (Lipinski definition) is 0. The summed E-state index contributed by atoms with van der Waals surface area (Å²) >= 11 is 0. The molecule has 0 heterocycles. The first-order chi connectivity index (χ1) is 36.7. The van der Waals surface area contributed by atoms with Crippen LogP contribution in [0.3, 0.4) is 0 Å². The van der Waals surface area contributed by atoms with Gasteiger partial charge in [-0.2, -0.15) is 0 Å². The van der Waals surface area contributed by atoms with Gasteiger partial charge in [0.2, 0.25) is 0 Å². The number of rotatable bonds is 6. The quantitative estimate of drug-likeness (QED) is 0.146. The highest BCUT2D eigenvalue weighted by molar-refractivity contribution is 6.23. The lowest BCUT2D eigenvalue weighted by Gasteiger charge is -2.18. The highest BCUT2D eigenvalue weighted by Crippen LogP contribution is 2.47. The molecule has 15 aromatic rings. The molecular formula is C74H46. The fourth-order valence-electron chi connectivity index (χ4n) is 12.2. The van der Waals surface area contributed by atoms with Gasteiger partial charge in [0.25, 0.3) is 0 Å². The largest absolute Gasteiger partial charge is 0.0616 e. The molecule has 342 valence electrons. The third-order valence-electron chi connectivity index (χ3n) is 15.7. The van der Waals surface area contributed by atoms with Gasteiger partial charge in [0, 0.05) is 0 Å². The Balaban J connectivity index is 0.821. The maximum atomic E-state index is 2.40. The summed E-state index contributed by atoms with van der Waals surface area (Å²) in [7, 11) is 0. The molecule has 0 N–H and O–H groups in total. The second kappa shape index (κ2) is 17.0. The van der Waals surface area contributed by atoms with Crippen LogP contribution in [-0.2, 0) is 0 Å². The Hall–Kier alpha value is -9.62. The van der Waals surface area contributed by atoms with E-state index in [0.29, 0.717) is 0 Å². The van der Waals surface area contributed by atoms with Gasteiger partial charge in [-0.05, 0) is 189 Å². The van der Waals surface area contributed by atoms with Gasteiger partial charge < -0.3 is 0 Å². The van der Waals surface area contributed by atoms with Crippen LogP contribution < -0.4 is 0 Å². The van der Waals surface area contributed by atoms with Crippen molar-refractivity contribution in [3.8, 4) is 66.8 Å². The van der Waals surface area contributed by atoms with Crippen LogP contribution in [0, 0.1) is 0 Å². The van der Waals surface area contributed by atoms with Crippen molar-refractivity contribution in [1.29, 1.82) is 0 Å². The molecule has 74 heavy (non-hydrogen) atoms. The average Bonchev–Trinajstić information content (AvgIpc) is 3.50. The average molecular weight is 935 g/mol. The van der Waals surface area contributed by atoms with Crippen LogP contribution in [0.1, 0.15) is 0 Å². The van der Waals surface area contributed by atoms with Gasteiger partial charge in [0.15, 0.2) is 0 Å². The summed E-state index contributed by atoms with van der Waals surface area (Å²) in [5, 5.41) is 20.0. The van der Waals surface area contributed by atoms with Crippen molar-refractivity contribution in [2.75, 3.05) is 0 Å². The summed E-state index contributed by atoms with van der Waals surface area (Å²) in [5.41, 5.74) is 14.8. The minimum absolute atomic E-state index is 1.20. The Bertz CT molecular complexity index is 4650. The predicted octanol–water partition coefficient (Wildman–Crippen LogP) is 20.9. The van der Waals surface area contributed by atoms with E-state index >= 15 is 0 Å². The molecule has 0 aliphatic carbocycles. The van der Waals surface area contributed by atoms with E-state index in [1.807, 2.05) is 0 Å². The maximum absolute atomic E-state index is 2.40. The van der Waals surface area contributed by atoms with Crippen LogP contribution in [0.5, 0.6) is 0 Å². The summed E-state index contributed by atoms with van der Waals surface area (Å²) < 4.78 is 0. The minimum atomic E-state index is 1.20. The predicted molar refractivity (Wildman–Crippen MR) is 319 cm³/mol. The van der Waals surface area contributed by atoms with Gasteiger partial charge in [0.05, 0.1) is 0 Å². The molecule has 0 bridgehead atoms. The fraction of sp³-hybridized carbons (Fsp3) is 0. The highest BCUT2D eigenvalue weighted by atomic mass is 14.2. The van der Waals surface area contributed by atoms with E-state index in [9.17, 15) is 0 Å². The summed E-state index contributed by atoms with van der Waals surface area (Å²) in [6.07, 6.45) is 0. The van der Waals surface area contributed by atoms with E-state index in [4.69, 9.17) is 0 Å². The second-order valence-corrected chi connectivity index (χ2v) is 19.9. The maximum Gasteiger partial charge on any atom is -0.00262 e. The summed E-state index contributed by atoms with van der Waals surface area (Å²) in [4.78, 5) is 0. The molecule has 0 heteroatoms. The summed E-state index contributed by atoms with van der Waals surface area (Å²) in [6, 6.07) is 104. The normalized spacial score (nSPS) is 11.8. The van der Waals surface area contributed by atoms with E-state index in [2.05, 4.69) is 279 Å². The van der Waals surface area contributed by atoms with Gasteiger partial charge in [0.1, 0.15) is 0 Å². The standard InChI is InChI=1S/C74H46/c1-3-15-53-41-55(35-27-47(53)13-1)49-25-33-52(34-26-49)71-63-17-5-7-19-65(63)73(66-20-8-6-18-64(66)71)59-39-31-50-28-36-56(43-61(50)45-59)57-37-29-51-32-40-60(46-62(51)44-57)74-69-23-11-9-21-67(69)72(68-22-10-12-24-70(68)74)58-38-30-48-14-2-4-16-54(48)42-58/h1-46H. The molecule has 0 atom stereocenters. The fourth-order valence-corrected chi connectivity index (χ4v) is 12.2. The van der Waals surface area contributed by atoms with Gasteiger partial charge in [-0.25, -0.2) is 0 Å². The van der Waals surface area contributed by atoms with Crippen LogP contribution in [0.15, 0.2) is 279 Å². The number of fused-ring (bicyclic) bond motifs is 8. The molecule has 0 saturated carbocycles. The lowest BCUT2D eigenvalue weighted by atomic mass is 9.85. The van der Waals surface area contributed by atoms with Gasteiger partial charge in [-0.3, -0.25) is 0 Å². The number of hydrogen-bond acceptors (Lipinski definition) is 0. The van der Waals surface area contributed by atoms with Crippen LogP contribution in [0.2, 0.25) is 0 Å². The molecule has 0 unspecified atom stereocenters. The molecule has 15 aromatic carbocycles. The Labute approximate surface area is 429 Å². The van der Waals surface area contributed by atoms with Crippen molar-refractivity contribution in [2.45, 2.75) is 0 Å². The molecule has 0 spiro atoms. The molecule has 0 nitrogen and oxygen atoms in total. The molecule has 15 rings (SSSR count). The van der Waals surface area contributed by atoms with Crippen molar-refractivity contribution in [1.82, 2.24) is 0 Å². The van der Waals surface area contributed by atoms with Crippen LogP contribution >= 0.6 is 0 Å². The molecule has 0 aliphatic rings. The van der Waals surface area contributed by atoms with E-state index < -0.39 is 0 Å². The van der Waals surface area contributed by atoms with Crippen molar-refractivity contribution in [3.63, 3.8) is 0 Å². The molecular weight excluding hydrogens is 889 g/mol. The Morgan fingerprint density at radius 1 is 0.122 bits per heavy atom. The van der Waals surface area contributed by atoms with Crippen molar-refractivity contribution >= 4 is 86.2 Å². The molecule has 0 aromatic heterocycles. The van der Waals surface area contributed by atoms with Gasteiger partial charge >= 0.3 is 0 Å². The second-order valence-electron chi connectivity index (χ2n) is 19.9. The molecule has 0 fully saturated rings. The molecule has 0 aliphatic heterocycles. The summed E-state index contributed by atoms with van der Waals surface area (Å²) in [6.45, 7) is 0. The van der Waals surface area contributed by atoms with Gasteiger partial charge in [-0.15, -0.1) is 0 Å². The topological polar surface area (TPSA) is 0 Å². The first-order valence-corrected chi connectivity index (χ1v) is 25.7. The molecule has 0 radical (unpaired) electrons. The smallest absolute Gasteiger partial charge is 0.00262 e. The van der Waals surface area contributed by atoms with E-state index in [1.54, 1.807) is 0 Å². The van der Waals surface area contributed by atoms with E-state index in [0.717, 1.165) is 0 Å². The molecule has 0 saturated heterocycles. The zero-order chi connectivity index (χ0) is 48.7. The zero-order valence-corrected chi connectivity index (χ0v) is 40.6. The summed E-state index contributed by atoms with van der Waals surface area (Å²) in [5.74, 6) is 0. The van der Waals surface area contributed by atoms with Crippen molar-refractivity contribution in [3.05, 3.63) is 279 Å². The Kier molecular flexibility index (Phi) is 9.68. The number of benzene rings is 15. The van der Waals surface area contributed by atoms with Crippen LogP contribution in [0.4, 0.5) is 0 Å². The van der Waals surface area contributed by atoms with E-state index in [1.165, 1.54) is 153 Å². The third kappa shape index (κ3) is 6.91. The van der Waals surface area contributed by atoms with Crippen LogP contribution in [-0.4, -0.2) is 0 Å². The zero-order valence-electron chi connectivity index (χ0n) is 40.6. The first-order valence-electron chi connectivity index (χ1n) is 25.7. The van der Waals surface area contributed by atoms with Crippen molar-refractivity contribution < 1.29 is 0 Å². The SMILES string of the molecule is c1ccc2cc(-c3ccc(-c4c5ccccc5c(-c5ccc6ccc(-c7ccc8ccc(-c9c%10ccccc%10c(-c%10ccc%11ccccc%11c%10)c%10ccccc9%10)cc8c7)cc6c5)c5ccccc45)cc3)ccc2c1. The van der Waals surface area contributed by atoms with Crippen LogP contribution in [0.25, 0.3) is 153 Å². The third-order valence-corrected chi connectivity index (χ3v) is 15.7. The monoisotopic (exact) mass is 934 g/mol. The lowest BCUT2D eigenvalue weighted by molar-refractivity contribution is 1.63. The lowest BCUT2D eigenvalue weighted by Crippen LogP contribution is -1.91. The minimum Gasteiger partial charge on any atom is -0.0616 e.